The molecule has 2 rings (SSSR count). The first-order chi connectivity index (χ1) is 12.0. The molecular weight excluding hydrogens is 356 g/mol. The van der Waals surface area contributed by atoms with Gasteiger partial charge in [-0.2, -0.15) is 4.31 Å². The molecule has 0 aromatic heterocycles. The van der Waals surface area contributed by atoms with E-state index in [4.69, 9.17) is 5.11 Å². The summed E-state index contributed by atoms with van der Waals surface area (Å²) in [6.45, 7) is 7.47. The van der Waals surface area contributed by atoms with Crippen molar-refractivity contribution in [3.63, 3.8) is 0 Å². The van der Waals surface area contributed by atoms with E-state index < -0.39 is 16.0 Å². The molecule has 1 N–H and O–H groups in total. The summed E-state index contributed by atoms with van der Waals surface area (Å²) in [4.78, 5) is 24.9. The molecule has 144 valence electrons. The molecule has 1 fully saturated rings. The van der Waals surface area contributed by atoms with E-state index in [-0.39, 0.29) is 34.9 Å². The summed E-state index contributed by atoms with van der Waals surface area (Å²) in [5, 5.41) is 8.90. The van der Waals surface area contributed by atoms with Gasteiger partial charge in [0.25, 0.3) is 0 Å². The highest BCUT2D eigenvalue weighted by atomic mass is 32.2. The van der Waals surface area contributed by atoms with Crippen LogP contribution < -0.4 is 0 Å². The van der Waals surface area contributed by atoms with E-state index >= 15 is 0 Å². The molecule has 0 bridgehead atoms. The molecule has 8 heteroatoms. The number of carbonyl (C=O) groups is 2. The summed E-state index contributed by atoms with van der Waals surface area (Å²) in [5.74, 6) is -1.04. The number of amides is 1. The number of carbonyl (C=O) groups excluding carboxylic acids is 1. The predicted octanol–water partition coefficient (Wildman–Crippen LogP) is 2.04. The first-order valence-electron chi connectivity index (χ1n) is 8.62. The molecular formula is C18H26N2O5S. The minimum Gasteiger partial charge on any atom is -0.478 e. The molecule has 1 aromatic carbocycles. The smallest absolute Gasteiger partial charge is 0.335 e. The molecule has 0 aliphatic carbocycles. The second kappa shape index (κ2) is 7.75. The molecule has 1 aromatic rings. The van der Waals surface area contributed by atoms with E-state index in [1.54, 1.807) is 4.90 Å². The van der Waals surface area contributed by atoms with Crippen LogP contribution in [0.3, 0.4) is 0 Å². The van der Waals surface area contributed by atoms with Crippen molar-refractivity contribution in [2.24, 2.45) is 5.41 Å². The molecule has 0 unspecified atom stereocenters. The van der Waals surface area contributed by atoms with Crippen LogP contribution in [0, 0.1) is 5.41 Å². The van der Waals surface area contributed by atoms with Gasteiger partial charge >= 0.3 is 5.97 Å². The van der Waals surface area contributed by atoms with Gasteiger partial charge in [0.2, 0.25) is 15.9 Å². The summed E-state index contributed by atoms with van der Waals surface area (Å²) >= 11 is 0. The van der Waals surface area contributed by atoms with Gasteiger partial charge in [0, 0.05) is 32.6 Å². The Labute approximate surface area is 154 Å². The number of piperazine rings is 1. The molecule has 0 spiro atoms. The molecule has 1 amide bonds. The molecule has 0 saturated carbocycles. The van der Waals surface area contributed by atoms with E-state index in [9.17, 15) is 18.0 Å². The Morgan fingerprint density at radius 1 is 1.04 bits per heavy atom. The van der Waals surface area contributed by atoms with Gasteiger partial charge in [-0.05, 0) is 36.1 Å². The van der Waals surface area contributed by atoms with Gasteiger partial charge in [-0.15, -0.1) is 0 Å². The maximum Gasteiger partial charge on any atom is 0.335 e. The maximum absolute atomic E-state index is 12.7. The summed E-state index contributed by atoms with van der Waals surface area (Å²) in [5.41, 5.74) is 0.126. The van der Waals surface area contributed by atoms with Crippen LogP contribution in [0.2, 0.25) is 0 Å². The van der Waals surface area contributed by atoms with Crippen molar-refractivity contribution in [2.45, 2.75) is 38.5 Å². The number of sulfonamides is 1. The maximum atomic E-state index is 12.7. The molecule has 7 nitrogen and oxygen atoms in total. The van der Waals surface area contributed by atoms with Crippen LogP contribution in [0.1, 0.15) is 44.0 Å². The van der Waals surface area contributed by atoms with Gasteiger partial charge in [0.15, 0.2) is 0 Å². The van der Waals surface area contributed by atoms with Crippen molar-refractivity contribution in [2.75, 3.05) is 26.2 Å². The number of benzene rings is 1. The van der Waals surface area contributed by atoms with Gasteiger partial charge in [-0.25, -0.2) is 13.2 Å². The lowest BCUT2D eigenvalue weighted by molar-refractivity contribution is -0.132. The number of nitrogens with zero attached hydrogens (tertiary/aromatic N) is 2. The lowest BCUT2D eigenvalue weighted by Gasteiger charge is -2.34. The zero-order chi connectivity index (χ0) is 19.5. The molecule has 0 atom stereocenters. The van der Waals surface area contributed by atoms with Crippen molar-refractivity contribution in [3.05, 3.63) is 29.8 Å². The Hall–Kier alpha value is -1.93. The highest BCUT2D eigenvalue weighted by molar-refractivity contribution is 7.89. The zero-order valence-electron chi connectivity index (χ0n) is 15.4. The van der Waals surface area contributed by atoms with Crippen LogP contribution in [-0.4, -0.2) is 60.8 Å². The average Bonchev–Trinajstić information content (AvgIpc) is 2.59. The molecule has 0 radical (unpaired) electrons. The van der Waals surface area contributed by atoms with Crippen LogP contribution in [0.4, 0.5) is 0 Å². The van der Waals surface area contributed by atoms with Gasteiger partial charge in [-0.3, -0.25) is 4.79 Å². The minimum absolute atomic E-state index is 0.0400. The predicted molar refractivity (Wildman–Crippen MR) is 97.4 cm³/mol. The van der Waals surface area contributed by atoms with Crippen LogP contribution in [0.25, 0.3) is 0 Å². The van der Waals surface area contributed by atoms with Gasteiger partial charge in [-0.1, -0.05) is 20.8 Å². The van der Waals surface area contributed by atoms with E-state index in [0.717, 1.165) is 6.42 Å². The van der Waals surface area contributed by atoms with Crippen LogP contribution in [0.15, 0.2) is 29.2 Å². The molecule has 1 saturated heterocycles. The number of hydrogen-bond donors (Lipinski definition) is 1. The Morgan fingerprint density at radius 3 is 2.04 bits per heavy atom. The Balaban J connectivity index is 1.97. The summed E-state index contributed by atoms with van der Waals surface area (Å²) in [6, 6.07) is 5.17. The monoisotopic (exact) mass is 382 g/mol. The second-order valence-electron chi connectivity index (χ2n) is 7.68. The van der Waals surface area contributed by atoms with Crippen LogP contribution in [0.5, 0.6) is 0 Å². The molecule has 1 heterocycles. The number of hydrogen-bond acceptors (Lipinski definition) is 4. The highest BCUT2D eigenvalue weighted by Crippen LogP contribution is 2.22. The van der Waals surface area contributed by atoms with Crippen molar-refractivity contribution < 1.29 is 23.1 Å². The largest absolute Gasteiger partial charge is 0.478 e. The highest BCUT2D eigenvalue weighted by Gasteiger charge is 2.30. The quantitative estimate of drug-likeness (QED) is 0.841. The van der Waals surface area contributed by atoms with Crippen LogP contribution in [-0.2, 0) is 14.8 Å². The number of aromatic carboxylic acids is 1. The lowest BCUT2D eigenvalue weighted by Crippen LogP contribution is -2.50. The zero-order valence-corrected chi connectivity index (χ0v) is 16.3. The third-order valence-corrected chi connectivity index (χ3v) is 6.33. The Morgan fingerprint density at radius 2 is 1.58 bits per heavy atom. The van der Waals surface area contributed by atoms with E-state index in [1.807, 2.05) is 0 Å². The van der Waals surface area contributed by atoms with Crippen molar-refractivity contribution in [1.29, 1.82) is 0 Å². The van der Waals surface area contributed by atoms with E-state index in [0.29, 0.717) is 19.5 Å². The Kier molecular flexibility index (Phi) is 6.08. The van der Waals surface area contributed by atoms with Gasteiger partial charge in [0.1, 0.15) is 0 Å². The lowest BCUT2D eigenvalue weighted by atomic mass is 9.90. The van der Waals surface area contributed by atoms with Gasteiger partial charge < -0.3 is 10.0 Å². The minimum atomic E-state index is -3.69. The summed E-state index contributed by atoms with van der Waals surface area (Å²) in [7, 11) is -3.69. The van der Waals surface area contributed by atoms with E-state index in [2.05, 4.69) is 20.8 Å². The average molecular weight is 382 g/mol. The Bertz CT molecular complexity index is 758. The fourth-order valence-corrected chi connectivity index (χ4v) is 4.16. The fourth-order valence-electron chi connectivity index (χ4n) is 2.74. The van der Waals surface area contributed by atoms with Gasteiger partial charge in [0.05, 0.1) is 10.5 Å². The SMILES string of the molecule is CC(C)(C)CCC(=O)N1CCN(S(=O)(=O)c2ccc(C(=O)O)cc2)CC1. The normalized spacial score (nSPS) is 16.5. The fraction of sp³-hybridized carbons (Fsp3) is 0.556. The van der Waals surface area contributed by atoms with Crippen molar-refractivity contribution in [1.82, 2.24) is 9.21 Å². The molecule has 1 aliphatic rings. The van der Waals surface area contributed by atoms with E-state index in [1.165, 1.54) is 28.6 Å². The molecule has 1 aliphatic heterocycles. The summed E-state index contributed by atoms with van der Waals surface area (Å²) < 4.78 is 26.7. The third-order valence-electron chi connectivity index (χ3n) is 4.42. The summed E-state index contributed by atoms with van der Waals surface area (Å²) in [6.07, 6.45) is 1.26. The van der Waals surface area contributed by atoms with Crippen LogP contribution >= 0.6 is 0 Å². The second-order valence-corrected chi connectivity index (χ2v) is 9.61. The number of rotatable bonds is 5. The number of carboxylic acids is 1. The molecule has 26 heavy (non-hydrogen) atoms. The first kappa shape index (κ1) is 20.4. The van der Waals surface area contributed by atoms with Crippen molar-refractivity contribution >= 4 is 21.9 Å². The standard InChI is InChI=1S/C18H26N2O5S/c1-18(2,3)9-8-16(21)19-10-12-20(13-11-19)26(24,25)15-6-4-14(5-7-15)17(22)23/h4-7H,8-13H2,1-3H3,(H,22,23). The first-order valence-corrected chi connectivity index (χ1v) is 10.1. The third kappa shape index (κ3) is 5.04. The number of carboxylic acid groups (broad SMARTS) is 1. The topological polar surface area (TPSA) is 95.0 Å². The van der Waals surface area contributed by atoms with Crippen molar-refractivity contribution in [3.8, 4) is 0 Å².